The van der Waals surface area contributed by atoms with Crippen molar-refractivity contribution < 1.29 is 22.8 Å². The highest BCUT2D eigenvalue weighted by atomic mass is 19.4. The summed E-state index contributed by atoms with van der Waals surface area (Å²) in [7, 11) is 0. The highest BCUT2D eigenvalue weighted by Gasteiger charge is 2.41. The van der Waals surface area contributed by atoms with E-state index in [1.165, 1.54) is 0 Å². The van der Waals surface area contributed by atoms with Gasteiger partial charge in [-0.25, -0.2) is 0 Å². The van der Waals surface area contributed by atoms with Crippen LogP contribution in [-0.4, -0.2) is 66.6 Å². The minimum atomic E-state index is -4.42. The van der Waals surface area contributed by atoms with Crippen molar-refractivity contribution in [3.63, 3.8) is 0 Å². The van der Waals surface area contributed by atoms with Gasteiger partial charge in [0, 0.05) is 38.6 Å². The first kappa shape index (κ1) is 15.1. The second-order valence-corrected chi connectivity index (χ2v) is 5.43. The van der Waals surface area contributed by atoms with E-state index in [-0.39, 0.29) is 24.9 Å². The highest BCUT2D eigenvalue weighted by molar-refractivity contribution is 5.89. The second-order valence-electron chi connectivity index (χ2n) is 5.43. The summed E-state index contributed by atoms with van der Waals surface area (Å²) in [6.07, 6.45) is -4.54. The first-order valence-electron chi connectivity index (χ1n) is 6.63. The van der Waals surface area contributed by atoms with Gasteiger partial charge in [-0.15, -0.1) is 0 Å². The van der Waals surface area contributed by atoms with E-state index < -0.39 is 24.5 Å². The number of carbonyl (C=O) groups is 2. The molecule has 0 spiro atoms. The summed E-state index contributed by atoms with van der Waals surface area (Å²) < 4.78 is 37.0. The van der Waals surface area contributed by atoms with Crippen LogP contribution in [0.1, 0.15) is 13.3 Å². The highest BCUT2D eigenvalue weighted by Crippen LogP contribution is 2.25. The van der Waals surface area contributed by atoms with Crippen LogP contribution in [-0.2, 0) is 9.59 Å². The third-order valence-corrected chi connectivity index (χ3v) is 3.61. The Balaban J connectivity index is 1.94. The molecule has 2 aliphatic rings. The molecule has 2 heterocycles. The van der Waals surface area contributed by atoms with Crippen LogP contribution in [0.3, 0.4) is 0 Å². The van der Waals surface area contributed by atoms with Crippen molar-refractivity contribution in [1.29, 1.82) is 0 Å². The quantitative estimate of drug-likeness (QED) is 0.792. The molecule has 2 atom stereocenters. The Morgan fingerprint density at radius 3 is 2.70 bits per heavy atom. The lowest BCUT2D eigenvalue weighted by atomic mass is 10.1. The number of nitrogens with zero attached hydrogens (tertiary/aromatic N) is 2. The fraction of sp³-hybridized carbons (Fsp3) is 0.833. The molecule has 0 aliphatic carbocycles. The molecule has 2 amide bonds. The maximum absolute atomic E-state index is 12.3. The smallest absolute Gasteiger partial charge is 0.340 e. The van der Waals surface area contributed by atoms with E-state index in [1.54, 1.807) is 4.90 Å². The fourth-order valence-electron chi connectivity index (χ4n) is 2.70. The Morgan fingerprint density at radius 1 is 1.40 bits per heavy atom. The van der Waals surface area contributed by atoms with Gasteiger partial charge in [0.15, 0.2) is 0 Å². The number of nitrogens with one attached hydrogen (secondary N) is 1. The summed E-state index contributed by atoms with van der Waals surface area (Å²) in [6.45, 7) is 2.27. The molecule has 2 rings (SSSR count). The van der Waals surface area contributed by atoms with Gasteiger partial charge in [-0.3, -0.25) is 9.59 Å². The lowest BCUT2D eigenvalue weighted by molar-refractivity contribution is -0.157. The Kier molecular flexibility index (Phi) is 4.22. The molecule has 0 aromatic rings. The van der Waals surface area contributed by atoms with Gasteiger partial charge in [-0.05, 0) is 6.92 Å². The van der Waals surface area contributed by atoms with Crippen molar-refractivity contribution in [2.24, 2.45) is 5.92 Å². The first-order chi connectivity index (χ1) is 9.26. The Hall–Kier alpha value is -1.31. The van der Waals surface area contributed by atoms with Crippen LogP contribution in [0.2, 0.25) is 0 Å². The van der Waals surface area contributed by atoms with Crippen molar-refractivity contribution >= 4 is 11.8 Å². The predicted octanol–water partition coefficient (Wildman–Crippen LogP) is 0.218. The lowest BCUT2D eigenvalue weighted by Crippen LogP contribution is -2.53. The van der Waals surface area contributed by atoms with Crippen molar-refractivity contribution in [1.82, 2.24) is 15.1 Å². The van der Waals surface area contributed by atoms with E-state index in [0.717, 1.165) is 4.90 Å². The molecule has 20 heavy (non-hydrogen) atoms. The number of rotatable bonds is 2. The number of carbonyl (C=O) groups excluding carboxylic acids is 2. The summed E-state index contributed by atoms with van der Waals surface area (Å²) in [6, 6.07) is 0.163. The summed E-state index contributed by atoms with van der Waals surface area (Å²) in [4.78, 5) is 26.2. The Bertz CT molecular complexity index is 400. The van der Waals surface area contributed by atoms with E-state index in [1.807, 2.05) is 6.92 Å². The van der Waals surface area contributed by atoms with Crippen LogP contribution in [0.25, 0.3) is 0 Å². The van der Waals surface area contributed by atoms with Crippen LogP contribution in [0, 0.1) is 5.92 Å². The van der Waals surface area contributed by atoms with Crippen molar-refractivity contribution in [2.75, 3.05) is 32.7 Å². The minimum Gasteiger partial charge on any atom is -0.340 e. The number of piperazine rings is 1. The van der Waals surface area contributed by atoms with Gasteiger partial charge in [0.05, 0.1) is 5.92 Å². The summed E-state index contributed by atoms with van der Waals surface area (Å²) >= 11 is 0. The third kappa shape index (κ3) is 3.62. The van der Waals surface area contributed by atoms with Gasteiger partial charge in [0.2, 0.25) is 11.8 Å². The van der Waals surface area contributed by atoms with Gasteiger partial charge in [-0.2, -0.15) is 13.2 Å². The number of hydrogen-bond donors (Lipinski definition) is 1. The first-order valence-corrected chi connectivity index (χ1v) is 6.63. The normalized spacial score (nSPS) is 28.1. The summed E-state index contributed by atoms with van der Waals surface area (Å²) in [5.41, 5.74) is 0. The fourth-order valence-corrected chi connectivity index (χ4v) is 2.70. The Morgan fingerprint density at radius 2 is 2.10 bits per heavy atom. The van der Waals surface area contributed by atoms with Crippen molar-refractivity contribution in [2.45, 2.75) is 25.6 Å². The average Bonchev–Trinajstić information content (AvgIpc) is 2.68. The van der Waals surface area contributed by atoms with Crippen molar-refractivity contribution in [3.05, 3.63) is 0 Å². The third-order valence-electron chi connectivity index (χ3n) is 3.61. The van der Waals surface area contributed by atoms with E-state index in [2.05, 4.69) is 5.32 Å². The van der Waals surface area contributed by atoms with Gasteiger partial charge in [-0.1, -0.05) is 0 Å². The average molecular weight is 293 g/mol. The van der Waals surface area contributed by atoms with E-state index in [4.69, 9.17) is 0 Å². The summed E-state index contributed by atoms with van der Waals surface area (Å²) in [5.74, 6) is -1.45. The second kappa shape index (κ2) is 5.59. The van der Waals surface area contributed by atoms with E-state index in [0.29, 0.717) is 19.6 Å². The molecule has 0 radical (unpaired) electrons. The zero-order valence-corrected chi connectivity index (χ0v) is 11.2. The van der Waals surface area contributed by atoms with Crippen LogP contribution >= 0.6 is 0 Å². The van der Waals surface area contributed by atoms with Crippen LogP contribution < -0.4 is 5.32 Å². The number of amides is 2. The van der Waals surface area contributed by atoms with E-state index >= 15 is 0 Å². The van der Waals surface area contributed by atoms with Gasteiger partial charge < -0.3 is 15.1 Å². The zero-order valence-electron chi connectivity index (χ0n) is 11.2. The molecule has 2 fully saturated rings. The molecule has 0 bridgehead atoms. The predicted molar refractivity (Wildman–Crippen MR) is 64.8 cm³/mol. The number of likely N-dealkylation sites (tertiary alicyclic amines) is 1. The minimum absolute atomic E-state index is 0.118. The lowest BCUT2D eigenvalue weighted by Gasteiger charge is -2.33. The number of alkyl halides is 3. The molecule has 114 valence electrons. The van der Waals surface area contributed by atoms with Crippen LogP contribution in [0.4, 0.5) is 13.2 Å². The molecule has 0 saturated carbocycles. The van der Waals surface area contributed by atoms with Crippen LogP contribution in [0.15, 0.2) is 0 Å². The zero-order chi connectivity index (χ0) is 14.9. The monoisotopic (exact) mass is 293 g/mol. The largest absolute Gasteiger partial charge is 0.406 e. The van der Waals surface area contributed by atoms with Crippen LogP contribution in [0.5, 0.6) is 0 Å². The van der Waals surface area contributed by atoms with Gasteiger partial charge in [0.1, 0.15) is 6.54 Å². The standard InChI is InChI=1S/C12H18F3N3O2/c1-8-5-17(3-2-16-8)11(20)9-4-10(19)18(6-9)7-12(13,14)15/h8-9,16H,2-7H2,1H3. The molecule has 2 aliphatic heterocycles. The summed E-state index contributed by atoms with van der Waals surface area (Å²) in [5, 5.41) is 3.19. The molecule has 1 N–H and O–H groups in total. The molecule has 0 aromatic carbocycles. The SMILES string of the molecule is CC1CN(C(=O)C2CC(=O)N(CC(F)(F)F)C2)CCN1. The maximum Gasteiger partial charge on any atom is 0.406 e. The number of hydrogen-bond acceptors (Lipinski definition) is 3. The molecular weight excluding hydrogens is 275 g/mol. The molecular formula is C12H18F3N3O2. The molecule has 2 unspecified atom stereocenters. The molecule has 2 saturated heterocycles. The van der Waals surface area contributed by atoms with Gasteiger partial charge in [0.25, 0.3) is 0 Å². The topological polar surface area (TPSA) is 52.7 Å². The van der Waals surface area contributed by atoms with Gasteiger partial charge >= 0.3 is 6.18 Å². The number of halogens is 3. The Labute approximate surface area is 115 Å². The molecule has 8 heteroatoms. The molecule has 5 nitrogen and oxygen atoms in total. The molecule has 0 aromatic heterocycles. The van der Waals surface area contributed by atoms with Crippen molar-refractivity contribution in [3.8, 4) is 0 Å². The van der Waals surface area contributed by atoms with E-state index in [9.17, 15) is 22.8 Å². The maximum atomic E-state index is 12.3.